The van der Waals surface area contributed by atoms with Gasteiger partial charge < -0.3 is 15.1 Å². The first kappa shape index (κ1) is 18.3. The third-order valence-corrected chi connectivity index (χ3v) is 4.85. The van der Waals surface area contributed by atoms with E-state index in [1.807, 2.05) is 30.5 Å². The van der Waals surface area contributed by atoms with Crippen molar-refractivity contribution >= 4 is 11.9 Å². The van der Waals surface area contributed by atoms with Crippen molar-refractivity contribution < 1.29 is 9.59 Å². The summed E-state index contributed by atoms with van der Waals surface area (Å²) in [5.74, 6) is 0.0744. The van der Waals surface area contributed by atoms with E-state index in [9.17, 15) is 9.59 Å². The summed E-state index contributed by atoms with van der Waals surface area (Å²) < 4.78 is 1.86. The number of aryl methyl sites for hydroxylation is 2. The second kappa shape index (κ2) is 7.68. The third-order valence-electron chi connectivity index (χ3n) is 4.85. The molecule has 2 heterocycles. The van der Waals surface area contributed by atoms with Crippen LogP contribution in [-0.2, 0) is 11.8 Å². The first-order chi connectivity index (χ1) is 11.3. The summed E-state index contributed by atoms with van der Waals surface area (Å²) in [5, 5.41) is 7.60. The number of aromatic nitrogens is 2. The van der Waals surface area contributed by atoms with Crippen molar-refractivity contribution in [1.82, 2.24) is 24.9 Å². The number of amides is 3. The van der Waals surface area contributed by atoms with E-state index < -0.39 is 0 Å². The molecule has 1 aliphatic heterocycles. The summed E-state index contributed by atoms with van der Waals surface area (Å²) in [5.41, 5.74) is 3.15. The number of hydrogen-bond donors (Lipinski definition) is 1. The number of urea groups is 1. The van der Waals surface area contributed by atoms with Crippen LogP contribution in [0.25, 0.3) is 0 Å². The molecule has 0 spiro atoms. The van der Waals surface area contributed by atoms with Crippen molar-refractivity contribution in [1.29, 1.82) is 0 Å². The van der Waals surface area contributed by atoms with E-state index in [4.69, 9.17) is 0 Å². The van der Waals surface area contributed by atoms with Gasteiger partial charge in [-0.15, -0.1) is 0 Å². The van der Waals surface area contributed by atoms with Crippen molar-refractivity contribution in [3.05, 3.63) is 17.0 Å². The Bertz CT molecular complexity index is 610. The molecule has 1 aliphatic rings. The van der Waals surface area contributed by atoms with E-state index in [0.29, 0.717) is 19.6 Å². The summed E-state index contributed by atoms with van der Waals surface area (Å²) in [7, 11) is 1.92. The Morgan fingerprint density at radius 1 is 1.17 bits per heavy atom. The molecular formula is C17H29N5O2. The average Bonchev–Trinajstić information content (AvgIpc) is 2.74. The van der Waals surface area contributed by atoms with Gasteiger partial charge in [0, 0.05) is 51.4 Å². The second-order valence-corrected chi connectivity index (χ2v) is 6.47. The average molecular weight is 335 g/mol. The monoisotopic (exact) mass is 335 g/mol. The van der Waals surface area contributed by atoms with Crippen LogP contribution in [0.5, 0.6) is 0 Å². The highest BCUT2D eigenvalue weighted by Crippen LogP contribution is 2.24. The Morgan fingerprint density at radius 2 is 1.79 bits per heavy atom. The van der Waals surface area contributed by atoms with Gasteiger partial charge in [-0.1, -0.05) is 6.92 Å². The highest BCUT2D eigenvalue weighted by Gasteiger charge is 2.25. The maximum absolute atomic E-state index is 12.7. The van der Waals surface area contributed by atoms with Crippen LogP contribution < -0.4 is 5.32 Å². The Morgan fingerprint density at radius 3 is 2.33 bits per heavy atom. The first-order valence-corrected chi connectivity index (χ1v) is 8.66. The zero-order chi connectivity index (χ0) is 17.9. The number of carbonyl (C=O) groups is 2. The topological polar surface area (TPSA) is 70.5 Å². The molecule has 0 aromatic carbocycles. The lowest BCUT2D eigenvalue weighted by Crippen LogP contribution is -2.43. The van der Waals surface area contributed by atoms with Crippen molar-refractivity contribution in [2.45, 2.75) is 46.6 Å². The van der Waals surface area contributed by atoms with E-state index in [1.54, 1.807) is 11.8 Å². The van der Waals surface area contributed by atoms with Crippen LogP contribution in [0.1, 0.15) is 49.7 Å². The van der Waals surface area contributed by atoms with E-state index in [1.165, 1.54) is 0 Å². The van der Waals surface area contributed by atoms with Gasteiger partial charge in [-0.25, -0.2) is 4.79 Å². The smallest absolute Gasteiger partial charge is 0.317 e. The molecule has 1 saturated heterocycles. The summed E-state index contributed by atoms with van der Waals surface area (Å²) in [6.07, 6.45) is 1.63. The number of nitrogens with zero attached hydrogens (tertiary/aromatic N) is 4. The Labute approximate surface area is 144 Å². The minimum atomic E-state index is -0.0603. The van der Waals surface area contributed by atoms with Gasteiger partial charge in [0.1, 0.15) is 0 Å². The fourth-order valence-electron chi connectivity index (χ4n) is 3.35. The number of hydrogen-bond acceptors (Lipinski definition) is 3. The van der Waals surface area contributed by atoms with E-state index in [2.05, 4.69) is 17.3 Å². The van der Waals surface area contributed by atoms with Gasteiger partial charge in [-0.05, 0) is 26.7 Å². The zero-order valence-electron chi connectivity index (χ0n) is 15.4. The minimum absolute atomic E-state index is 0.0432. The molecule has 134 valence electrons. The van der Waals surface area contributed by atoms with Gasteiger partial charge >= 0.3 is 6.03 Å². The SMILES string of the molecule is CC[C@H](NC(=O)N1CCCN(C(C)=O)CC1)c1c(C)nn(C)c1C. The Hall–Kier alpha value is -2.05. The van der Waals surface area contributed by atoms with Crippen LogP contribution >= 0.6 is 0 Å². The van der Waals surface area contributed by atoms with Gasteiger partial charge in [0.15, 0.2) is 0 Å². The number of nitrogens with one attached hydrogen (secondary N) is 1. The van der Waals surface area contributed by atoms with E-state index in [0.717, 1.165) is 36.3 Å². The van der Waals surface area contributed by atoms with E-state index >= 15 is 0 Å². The maximum Gasteiger partial charge on any atom is 0.317 e. The van der Waals surface area contributed by atoms with Crippen molar-refractivity contribution in [2.24, 2.45) is 7.05 Å². The summed E-state index contributed by atoms with van der Waals surface area (Å²) in [6.45, 7) is 10.2. The molecular weight excluding hydrogens is 306 g/mol. The molecule has 0 aliphatic carbocycles. The number of carbonyl (C=O) groups excluding carboxylic acids is 2. The Kier molecular flexibility index (Phi) is 5.85. The highest BCUT2D eigenvalue weighted by molar-refractivity contribution is 5.76. The summed E-state index contributed by atoms with van der Waals surface area (Å²) in [6, 6.07) is -0.103. The quantitative estimate of drug-likeness (QED) is 0.915. The minimum Gasteiger partial charge on any atom is -0.341 e. The molecule has 1 aromatic heterocycles. The first-order valence-electron chi connectivity index (χ1n) is 8.66. The fourth-order valence-corrected chi connectivity index (χ4v) is 3.35. The van der Waals surface area contributed by atoms with Crippen LogP contribution in [0.4, 0.5) is 4.79 Å². The molecule has 1 atom stereocenters. The number of rotatable bonds is 3. The van der Waals surface area contributed by atoms with Crippen LogP contribution in [-0.4, -0.2) is 57.7 Å². The van der Waals surface area contributed by atoms with Crippen molar-refractivity contribution in [3.63, 3.8) is 0 Å². The van der Waals surface area contributed by atoms with Crippen LogP contribution in [0.2, 0.25) is 0 Å². The summed E-state index contributed by atoms with van der Waals surface area (Å²) in [4.78, 5) is 27.8. The van der Waals surface area contributed by atoms with Crippen LogP contribution in [0.3, 0.4) is 0 Å². The van der Waals surface area contributed by atoms with Gasteiger partial charge in [0.05, 0.1) is 11.7 Å². The molecule has 1 N–H and O–H groups in total. The Balaban J connectivity index is 2.05. The fraction of sp³-hybridized carbons (Fsp3) is 0.706. The molecule has 7 heteroatoms. The molecule has 2 rings (SSSR count). The summed E-state index contributed by atoms with van der Waals surface area (Å²) >= 11 is 0. The van der Waals surface area contributed by atoms with Gasteiger partial charge in [0.25, 0.3) is 0 Å². The molecule has 7 nitrogen and oxygen atoms in total. The molecule has 1 aromatic rings. The van der Waals surface area contributed by atoms with Gasteiger partial charge in [-0.2, -0.15) is 5.10 Å². The normalized spacial score (nSPS) is 16.7. The molecule has 0 radical (unpaired) electrons. The van der Waals surface area contributed by atoms with Gasteiger partial charge in [0.2, 0.25) is 5.91 Å². The molecule has 0 bridgehead atoms. The lowest BCUT2D eigenvalue weighted by molar-refractivity contribution is -0.128. The predicted octanol–water partition coefficient (Wildman–Crippen LogP) is 1.75. The molecule has 0 unspecified atom stereocenters. The lowest BCUT2D eigenvalue weighted by atomic mass is 10.0. The molecule has 24 heavy (non-hydrogen) atoms. The lowest BCUT2D eigenvalue weighted by Gasteiger charge is -2.25. The molecule has 3 amide bonds. The maximum atomic E-state index is 12.7. The predicted molar refractivity (Wildman–Crippen MR) is 92.7 cm³/mol. The van der Waals surface area contributed by atoms with Crippen LogP contribution in [0, 0.1) is 13.8 Å². The molecule has 0 saturated carbocycles. The third kappa shape index (κ3) is 3.88. The highest BCUT2D eigenvalue weighted by atomic mass is 16.2. The standard InChI is InChI=1S/C17H29N5O2/c1-6-15(16-12(2)19-20(5)13(16)3)18-17(24)22-9-7-8-21(10-11-22)14(4)23/h15H,6-11H2,1-5H3,(H,18,24)/t15-/m0/s1. The zero-order valence-corrected chi connectivity index (χ0v) is 15.4. The van der Waals surface area contributed by atoms with Gasteiger partial charge in [-0.3, -0.25) is 9.48 Å². The largest absolute Gasteiger partial charge is 0.341 e. The van der Waals surface area contributed by atoms with Crippen LogP contribution in [0.15, 0.2) is 0 Å². The second-order valence-electron chi connectivity index (χ2n) is 6.47. The van der Waals surface area contributed by atoms with E-state index in [-0.39, 0.29) is 18.0 Å². The van der Waals surface area contributed by atoms with Crippen molar-refractivity contribution in [2.75, 3.05) is 26.2 Å². The van der Waals surface area contributed by atoms with Crippen molar-refractivity contribution in [3.8, 4) is 0 Å². The molecule has 1 fully saturated rings.